The Morgan fingerprint density at radius 1 is 1.16 bits per heavy atom. The van der Waals surface area contributed by atoms with Crippen LogP contribution in [0.3, 0.4) is 0 Å². The lowest BCUT2D eigenvalue weighted by Gasteiger charge is -2.09. The topological polar surface area (TPSA) is 91.7 Å². The average molecular weight is 286 g/mol. The van der Waals surface area contributed by atoms with Crippen LogP contribution >= 0.6 is 11.8 Å². The molecule has 0 heterocycles. The molecule has 0 unspecified atom stereocenters. The first kappa shape index (κ1) is 15.2. The zero-order valence-electron chi connectivity index (χ0n) is 9.71. The molecule has 1 aromatic carbocycles. The molecule has 0 aromatic heterocycles. The highest BCUT2D eigenvalue weighted by molar-refractivity contribution is 8.01. The minimum atomic E-state index is -1.25. The number of thioether (sulfide) groups is 1. The van der Waals surface area contributed by atoms with Gasteiger partial charge in [0.25, 0.3) is 0 Å². The Balaban J connectivity index is 2.68. The molecule has 7 heteroatoms. The first-order chi connectivity index (χ1) is 8.90. The first-order valence-electron chi connectivity index (χ1n) is 5.25. The summed E-state index contributed by atoms with van der Waals surface area (Å²) >= 11 is 0.670. The van der Waals surface area contributed by atoms with E-state index in [1.54, 1.807) is 0 Å². The molecule has 102 valence electrons. The van der Waals surface area contributed by atoms with Crippen molar-refractivity contribution in [2.24, 2.45) is 0 Å². The summed E-state index contributed by atoms with van der Waals surface area (Å²) in [5.41, 5.74) is 0.198. The summed E-state index contributed by atoms with van der Waals surface area (Å²) in [4.78, 5) is 33.1. The summed E-state index contributed by atoms with van der Waals surface area (Å²) in [6.07, 6.45) is -0.334. The van der Waals surface area contributed by atoms with E-state index in [0.29, 0.717) is 11.8 Å². The smallest absolute Gasteiger partial charge is 0.317 e. The van der Waals surface area contributed by atoms with E-state index in [4.69, 9.17) is 10.2 Å². The van der Waals surface area contributed by atoms with E-state index in [9.17, 15) is 18.8 Å². The van der Waals surface area contributed by atoms with Crippen molar-refractivity contribution in [1.82, 2.24) is 0 Å². The number of carboxylic acid groups (broad SMARTS) is 2. The minimum absolute atomic E-state index is 0.198. The number of Topliss-reactive ketones (excluding diaryl/α,β-unsaturated/α-hetero) is 1. The molecule has 0 aliphatic heterocycles. The van der Waals surface area contributed by atoms with E-state index in [1.807, 2.05) is 0 Å². The summed E-state index contributed by atoms with van der Waals surface area (Å²) in [5.74, 6) is -3.75. The molecule has 5 nitrogen and oxygen atoms in total. The SMILES string of the molecule is O=C(O)CS[C@H](CC(=O)c1ccc(F)cc1)C(=O)O. The van der Waals surface area contributed by atoms with Gasteiger partial charge in [-0.15, -0.1) is 11.8 Å². The van der Waals surface area contributed by atoms with Crippen LogP contribution in [-0.4, -0.2) is 38.9 Å². The number of hydrogen-bond acceptors (Lipinski definition) is 4. The molecule has 2 N–H and O–H groups in total. The van der Waals surface area contributed by atoms with Crippen LogP contribution in [0.2, 0.25) is 0 Å². The van der Waals surface area contributed by atoms with Gasteiger partial charge in [0.05, 0.1) is 5.75 Å². The predicted molar refractivity (Wildman–Crippen MR) is 66.9 cm³/mol. The standard InChI is InChI=1S/C12H11FO5S/c13-8-3-1-7(2-4-8)9(14)5-10(12(17)18)19-6-11(15)16/h1-4,10H,5-6H2,(H,15,16)(H,17,18)/t10-/m1/s1. The Kier molecular flexibility index (Phi) is 5.50. The number of ketones is 1. The van der Waals surface area contributed by atoms with E-state index < -0.39 is 34.5 Å². The van der Waals surface area contributed by atoms with Gasteiger partial charge < -0.3 is 10.2 Å². The molecule has 0 aliphatic carbocycles. The molecular weight excluding hydrogens is 275 g/mol. The van der Waals surface area contributed by atoms with Crippen molar-refractivity contribution in [2.45, 2.75) is 11.7 Å². The van der Waals surface area contributed by atoms with Crippen molar-refractivity contribution in [2.75, 3.05) is 5.75 Å². The van der Waals surface area contributed by atoms with Gasteiger partial charge in [-0.2, -0.15) is 0 Å². The van der Waals surface area contributed by atoms with Crippen LogP contribution in [0.5, 0.6) is 0 Å². The molecule has 19 heavy (non-hydrogen) atoms. The van der Waals surface area contributed by atoms with Gasteiger partial charge >= 0.3 is 11.9 Å². The normalized spacial score (nSPS) is 11.8. The lowest BCUT2D eigenvalue weighted by molar-refractivity contribution is -0.136. The number of carboxylic acids is 2. The number of carbonyl (C=O) groups is 3. The summed E-state index contributed by atoms with van der Waals surface area (Å²) < 4.78 is 12.7. The fourth-order valence-electron chi connectivity index (χ4n) is 1.31. The summed E-state index contributed by atoms with van der Waals surface area (Å²) in [7, 11) is 0. The third kappa shape index (κ3) is 5.09. The second-order valence-corrected chi connectivity index (χ2v) is 4.86. The molecule has 0 fully saturated rings. The number of rotatable bonds is 7. The lowest BCUT2D eigenvalue weighted by Crippen LogP contribution is -2.22. The molecule has 1 atom stereocenters. The third-order valence-corrected chi connectivity index (χ3v) is 3.40. The minimum Gasteiger partial charge on any atom is -0.481 e. The molecule has 0 saturated heterocycles. The summed E-state index contributed by atoms with van der Waals surface area (Å²) in [5, 5.41) is 16.3. The van der Waals surface area contributed by atoms with E-state index in [0.717, 1.165) is 12.1 Å². The summed E-state index contributed by atoms with van der Waals surface area (Å²) in [6.45, 7) is 0. The molecule has 0 radical (unpaired) electrons. The fourth-order valence-corrected chi connectivity index (χ4v) is 2.07. The van der Waals surface area contributed by atoms with E-state index >= 15 is 0 Å². The van der Waals surface area contributed by atoms with Crippen LogP contribution < -0.4 is 0 Å². The van der Waals surface area contributed by atoms with Crippen molar-refractivity contribution in [3.63, 3.8) is 0 Å². The van der Waals surface area contributed by atoms with Crippen molar-refractivity contribution in [3.05, 3.63) is 35.6 Å². The maximum Gasteiger partial charge on any atom is 0.317 e. The second-order valence-electron chi connectivity index (χ2n) is 3.67. The molecule has 0 aliphatic rings. The number of carbonyl (C=O) groups excluding carboxylic acids is 1. The van der Waals surface area contributed by atoms with Crippen molar-refractivity contribution < 1.29 is 29.0 Å². The highest BCUT2D eigenvalue weighted by atomic mass is 32.2. The lowest BCUT2D eigenvalue weighted by atomic mass is 10.1. The van der Waals surface area contributed by atoms with Crippen LogP contribution in [0.1, 0.15) is 16.8 Å². The molecule has 0 bridgehead atoms. The van der Waals surface area contributed by atoms with Crippen LogP contribution in [0.25, 0.3) is 0 Å². The molecule has 1 rings (SSSR count). The van der Waals surface area contributed by atoms with Crippen LogP contribution in [-0.2, 0) is 9.59 Å². The summed E-state index contributed by atoms with van der Waals surface area (Å²) in [6, 6.07) is 4.73. The van der Waals surface area contributed by atoms with Crippen LogP contribution in [0.4, 0.5) is 4.39 Å². The number of halogens is 1. The first-order valence-corrected chi connectivity index (χ1v) is 6.30. The van der Waals surface area contributed by atoms with Crippen molar-refractivity contribution >= 4 is 29.5 Å². The van der Waals surface area contributed by atoms with Crippen molar-refractivity contribution in [1.29, 1.82) is 0 Å². The maximum absolute atomic E-state index is 12.7. The van der Waals surface area contributed by atoms with Crippen molar-refractivity contribution in [3.8, 4) is 0 Å². The zero-order chi connectivity index (χ0) is 14.4. The Hall–Kier alpha value is -1.89. The van der Waals surface area contributed by atoms with Gasteiger partial charge in [0.15, 0.2) is 5.78 Å². The van der Waals surface area contributed by atoms with Gasteiger partial charge in [-0.3, -0.25) is 14.4 Å². The van der Waals surface area contributed by atoms with Gasteiger partial charge in [-0.1, -0.05) is 0 Å². The van der Waals surface area contributed by atoms with Crippen LogP contribution in [0, 0.1) is 5.82 Å². The average Bonchev–Trinajstić information content (AvgIpc) is 2.34. The van der Waals surface area contributed by atoms with E-state index in [2.05, 4.69) is 0 Å². The predicted octanol–water partition coefficient (Wildman–Crippen LogP) is 1.67. The monoisotopic (exact) mass is 286 g/mol. The molecule has 0 saturated carbocycles. The highest BCUT2D eigenvalue weighted by Gasteiger charge is 2.23. The quantitative estimate of drug-likeness (QED) is 0.741. The van der Waals surface area contributed by atoms with E-state index in [-0.39, 0.29) is 12.0 Å². The van der Waals surface area contributed by atoms with Gasteiger partial charge in [-0.25, -0.2) is 4.39 Å². The molecular formula is C12H11FO5S. The largest absolute Gasteiger partial charge is 0.481 e. The highest BCUT2D eigenvalue weighted by Crippen LogP contribution is 2.18. The van der Waals surface area contributed by atoms with Gasteiger partial charge in [0.2, 0.25) is 0 Å². The Morgan fingerprint density at radius 2 is 1.74 bits per heavy atom. The van der Waals surface area contributed by atoms with Gasteiger partial charge in [-0.05, 0) is 24.3 Å². The van der Waals surface area contributed by atoms with E-state index in [1.165, 1.54) is 12.1 Å². The fraction of sp³-hybridized carbons (Fsp3) is 0.250. The number of aliphatic carboxylic acids is 2. The number of benzene rings is 1. The third-order valence-electron chi connectivity index (χ3n) is 2.22. The molecule has 0 amide bonds. The Bertz CT molecular complexity index is 485. The molecule has 0 spiro atoms. The zero-order valence-corrected chi connectivity index (χ0v) is 10.5. The Labute approximate surface area is 112 Å². The van der Waals surface area contributed by atoms with Gasteiger partial charge in [0, 0.05) is 12.0 Å². The number of hydrogen-bond donors (Lipinski definition) is 2. The second kappa shape index (κ2) is 6.89. The Morgan fingerprint density at radius 3 is 2.21 bits per heavy atom. The van der Waals surface area contributed by atoms with Crippen LogP contribution in [0.15, 0.2) is 24.3 Å². The molecule has 1 aromatic rings. The van der Waals surface area contributed by atoms with Gasteiger partial charge in [0.1, 0.15) is 11.1 Å². The maximum atomic E-state index is 12.7.